The summed E-state index contributed by atoms with van der Waals surface area (Å²) >= 11 is 0. The number of hydrogen-bond donors (Lipinski definition) is 5. The number of aromatic nitrogens is 2. The van der Waals surface area contributed by atoms with Crippen molar-refractivity contribution in [2.45, 2.75) is 31.3 Å². The van der Waals surface area contributed by atoms with Crippen molar-refractivity contribution >= 4 is 23.5 Å². The first-order valence-electron chi connectivity index (χ1n) is 7.85. The van der Waals surface area contributed by atoms with Gasteiger partial charge < -0.3 is 29.0 Å². The van der Waals surface area contributed by atoms with Crippen LogP contribution < -0.4 is 11.2 Å². The van der Waals surface area contributed by atoms with E-state index < -0.39 is 59.3 Å². The van der Waals surface area contributed by atoms with Crippen LogP contribution in [0.3, 0.4) is 0 Å². The van der Waals surface area contributed by atoms with Gasteiger partial charge in [-0.05, 0) is 6.92 Å². The van der Waals surface area contributed by atoms with Gasteiger partial charge in [0, 0.05) is 25.8 Å². The molecule has 0 bridgehead atoms. The van der Waals surface area contributed by atoms with Gasteiger partial charge in [0.25, 0.3) is 5.56 Å². The number of phosphoric ester groups is 1. The van der Waals surface area contributed by atoms with Gasteiger partial charge in [0.15, 0.2) is 6.23 Å². The molecular weight excluding hydrogens is 477 g/mol. The van der Waals surface area contributed by atoms with E-state index in [0.717, 1.165) is 16.8 Å². The summed E-state index contributed by atoms with van der Waals surface area (Å²) in [6.07, 6.45) is -0.654. The van der Waals surface area contributed by atoms with Crippen LogP contribution >= 0.6 is 23.5 Å². The fourth-order valence-electron chi connectivity index (χ4n) is 2.62. The van der Waals surface area contributed by atoms with Crippen molar-refractivity contribution in [1.29, 1.82) is 0 Å². The molecule has 0 aromatic carbocycles. The number of hydrogen-bond acceptors (Lipinski definition) is 10. The predicted octanol–water partition coefficient (Wildman–Crippen LogP) is -0.428. The van der Waals surface area contributed by atoms with Gasteiger partial charge in [-0.3, -0.25) is 18.9 Å². The van der Waals surface area contributed by atoms with E-state index in [9.17, 15) is 28.2 Å². The van der Waals surface area contributed by atoms with Crippen molar-refractivity contribution in [2.24, 2.45) is 0 Å². The third kappa shape index (κ3) is 7.02. The maximum Gasteiger partial charge on any atom is 0.490 e. The van der Waals surface area contributed by atoms with E-state index in [2.05, 4.69) is 13.1 Å². The third-order valence-corrected chi connectivity index (χ3v) is 7.52. The van der Waals surface area contributed by atoms with E-state index in [-0.39, 0.29) is 6.42 Å². The molecule has 5 atom stereocenters. The van der Waals surface area contributed by atoms with Crippen molar-refractivity contribution in [3.05, 3.63) is 33.1 Å². The summed E-state index contributed by atoms with van der Waals surface area (Å²) in [5.41, 5.74) is -2.82. The highest BCUT2D eigenvalue weighted by Crippen LogP contribution is 2.66. The molecule has 1 fully saturated rings. The fraction of sp³-hybridized carbons (Fsp3) is 0.636. The number of aromatic amines is 1. The van der Waals surface area contributed by atoms with Crippen LogP contribution in [0.15, 0.2) is 21.9 Å². The topological polar surface area (TPSA) is 233 Å². The Morgan fingerprint density at radius 2 is 1.83 bits per heavy atom. The highest BCUT2D eigenvalue weighted by molar-refractivity contribution is 7.66. The Hall–Kier alpha value is -0.990. The standard InChI is InChI=1S/C11H19N2O14P3/c1-11(6-24-29(19,20)27-30(21,22)26-28(16,17)18)5-7(23-2)9(25-11)13-4-3-8(14)12-10(13)15/h3-4,7,9H,5-6H2,1-2H3,(H,19,20)(H,21,22)(H,12,14,15)(H2,16,17,18). The largest absolute Gasteiger partial charge is 0.490 e. The van der Waals surface area contributed by atoms with Crippen molar-refractivity contribution in [1.82, 2.24) is 9.55 Å². The second-order valence-corrected chi connectivity index (χ2v) is 10.7. The minimum absolute atomic E-state index is 0.00943. The molecule has 1 aliphatic rings. The van der Waals surface area contributed by atoms with Crippen molar-refractivity contribution in [3.63, 3.8) is 0 Å². The van der Waals surface area contributed by atoms with Gasteiger partial charge in [0.05, 0.1) is 12.2 Å². The zero-order valence-corrected chi connectivity index (χ0v) is 18.1. The average molecular weight is 496 g/mol. The summed E-state index contributed by atoms with van der Waals surface area (Å²) in [5, 5.41) is 0. The van der Waals surface area contributed by atoms with Crippen molar-refractivity contribution < 1.29 is 55.9 Å². The zero-order chi connectivity index (χ0) is 23.0. The molecule has 0 aliphatic carbocycles. The Labute approximate surface area is 167 Å². The SMILES string of the molecule is COC1CC(C)(COP(=O)(O)OP(=O)(O)OP(=O)(O)O)OC1n1ccc(=O)[nH]c1=O. The molecule has 1 aliphatic heterocycles. The number of nitrogens with zero attached hydrogens (tertiary/aromatic N) is 1. The van der Waals surface area contributed by atoms with Crippen LogP contribution in [0.2, 0.25) is 0 Å². The lowest BCUT2D eigenvalue weighted by Crippen LogP contribution is -2.36. The monoisotopic (exact) mass is 496 g/mol. The fourth-order valence-corrected chi connectivity index (χ4v) is 5.75. The molecule has 1 aromatic rings. The average Bonchev–Trinajstić information content (AvgIpc) is 2.87. The molecule has 19 heteroatoms. The van der Waals surface area contributed by atoms with Crippen molar-refractivity contribution in [3.8, 4) is 0 Å². The van der Waals surface area contributed by atoms with Crippen LogP contribution in [-0.4, -0.2) is 54.5 Å². The number of H-pyrrole nitrogens is 1. The van der Waals surface area contributed by atoms with Gasteiger partial charge in [0.1, 0.15) is 6.10 Å². The summed E-state index contributed by atoms with van der Waals surface area (Å²) in [4.78, 5) is 61.0. The quantitative estimate of drug-likeness (QED) is 0.273. The number of nitrogens with one attached hydrogen (secondary N) is 1. The third-order valence-electron chi connectivity index (χ3n) is 3.73. The summed E-state index contributed by atoms with van der Waals surface area (Å²) in [6, 6.07) is 1.07. The minimum atomic E-state index is -5.65. The lowest BCUT2D eigenvalue weighted by Gasteiger charge is -2.25. The lowest BCUT2D eigenvalue weighted by atomic mass is 10.0. The normalized spacial score (nSPS) is 28.7. The van der Waals surface area contributed by atoms with Crippen LogP contribution in [0.5, 0.6) is 0 Å². The van der Waals surface area contributed by atoms with Crippen LogP contribution in [0.1, 0.15) is 19.6 Å². The first kappa shape index (κ1) is 25.3. The van der Waals surface area contributed by atoms with Crippen LogP contribution in [0.4, 0.5) is 0 Å². The molecule has 2 heterocycles. The maximum absolute atomic E-state index is 12.0. The van der Waals surface area contributed by atoms with Gasteiger partial charge in [0.2, 0.25) is 0 Å². The second-order valence-electron chi connectivity index (χ2n) is 6.32. The molecule has 0 radical (unpaired) electrons. The number of rotatable bonds is 9. The predicted molar refractivity (Wildman–Crippen MR) is 95.1 cm³/mol. The first-order chi connectivity index (χ1) is 13.5. The number of methoxy groups -OCH3 is 1. The number of ether oxygens (including phenoxy) is 2. The Bertz CT molecular complexity index is 1030. The van der Waals surface area contributed by atoms with E-state index in [1.54, 1.807) is 0 Å². The molecule has 5 unspecified atom stereocenters. The molecule has 0 spiro atoms. The highest BCUT2D eigenvalue weighted by Gasteiger charge is 2.48. The van der Waals surface area contributed by atoms with E-state index in [0.29, 0.717) is 0 Å². The molecule has 1 aromatic heterocycles. The van der Waals surface area contributed by atoms with Gasteiger partial charge in [-0.15, -0.1) is 0 Å². The molecular formula is C11H19N2O14P3. The summed E-state index contributed by atoms with van der Waals surface area (Å²) in [7, 11) is -15.2. The van der Waals surface area contributed by atoms with E-state index in [4.69, 9.17) is 24.2 Å². The highest BCUT2D eigenvalue weighted by atomic mass is 31.3. The van der Waals surface area contributed by atoms with Crippen LogP contribution in [0, 0.1) is 0 Å². The first-order valence-corrected chi connectivity index (χ1v) is 12.4. The maximum atomic E-state index is 12.0. The molecule has 172 valence electrons. The van der Waals surface area contributed by atoms with Crippen LogP contribution in [0.25, 0.3) is 0 Å². The van der Waals surface area contributed by atoms with Gasteiger partial charge in [-0.25, -0.2) is 18.5 Å². The van der Waals surface area contributed by atoms with Gasteiger partial charge in [-0.1, -0.05) is 0 Å². The lowest BCUT2D eigenvalue weighted by molar-refractivity contribution is -0.104. The molecule has 16 nitrogen and oxygen atoms in total. The van der Waals surface area contributed by atoms with Gasteiger partial charge in [-0.2, -0.15) is 8.62 Å². The minimum Gasteiger partial charge on any atom is -0.377 e. The van der Waals surface area contributed by atoms with Gasteiger partial charge >= 0.3 is 29.2 Å². The van der Waals surface area contributed by atoms with E-state index in [1.165, 1.54) is 14.0 Å². The Morgan fingerprint density at radius 3 is 2.37 bits per heavy atom. The Balaban J connectivity index is 2.11. The van der Waals surface area contributed by atoms with Crippen LogP contribution in [-0.2, 0) is 36.3 Å². The summed E-state index contributed by atoms with van der Waals surface area (Å²) in [6.45, 7) is 0.672. The molecule has 0 amide bonds. The Kier molecular flexibility index (Phi) is 7.47. The Morgan fingerprint density at radius 1 is 1.20 bits per heavy atom. The second kappa shape index (κ2) is 8.87. The molecule has 30 heavy (non-hydrogen) atoms. The molecule has 0 saturated carbocycles. The van der Waals surface area contributed by atoms with E-state index >= 15 is 0 Å². The summed E-state index contributed by atoms with van der Waals surface area (Å²) in [5.74, 6) is 0. The number of phosphoric acid groups is 3. The zero-order valence-electron chi connectivity index (χ0n) is 15.4. The summed E-state index contributed by atoms with van der Waals surface area (Å²) < 4.78 is 57.6. The molecule has 5 N–H and O–H groups in total. The molecule has 2 rings (SSSR count). The molecule has 1 saturated heterocycles. The van der Waals surface area contributed by atoms with E-state index in [1.807, 2.05) is 4.98 Å². The van der Waals surface area contributed by atoms with Crippen molar-refractivity contribution in [2.75, 3.05) is 13.7 Å². The smallest absolute Gasteiger partial charge is 0.377 e.